The van der Waals surface area contributed by atoms with Crippen LogP contribution in [0.4, 0.5) is 0 Å². The van der Waals surface area contributed by atoms with Crippen molar-refractivity contribution in [2.75, 3.05) is 13.1 Å². The Morgan fingerprint density at radius 3 is 2.44 bits per heavy atom. The molecule has 0 bridgehead atoms. The number of aromatic nitrogens is 1. The Hall–Kier alpha value is -1.98. The molecule has 1 aliphatic rings. The van der Waals surface area contributed by atoms with Crippen LogP contribution in [0.2, 0.25) is 0 Å². The molecule has 0 aromatic carbocycles. The SMILES string of the molecule is Cn1cc(O)c(=O)c(O)c1C(=O)N1CCCCC1. The van der Waals surface area contributed by atoms with Crippen molar-refractivity contribution in [3.8, 4) is 11.5 Å². The first-order valence-electron chi connectivity index (χ1n) is 5.93. The number of pyridine rings is 1. The van der Waals surface area contributed by atoms with Gasteiger partial charge in [-0.1, -0.05) is 0 Å². The second kappa shape index (κ2) is 4.72. The van der Waals surface area contributed by atoms with Crippen LogP contribution in [0.15, 0.2) is 11.0 Å². The Morgan fingerprint density at radius 2 is 1.83 bits per heavy atom. The largest absolute Gasteiger partial charge is 0.503 e. The van der Waals surface area contributed by atoms with Crippen LogP contribution >= 0.6 is 0 Å². The van der Waals surface area contributed by atoms with Crippen LogP contribution in [0.3, 0.4) is 0 Å². The summed E-state index contributed by atoms with van der Waals surface area (Å²) in [6.45, 7) is 1.26. The molecule has 0 spiro atoms. The summed E-state index contributed by atoms with van der Waals surface area (Å²) in [6, 6.07) is 0. The average molecular weight is 252 g/mol. The van der Waals surface area contributed by atoms with Crippen molar-refractivity contribution in [2.24, 2.45) is 7.05 Å². The lowest BCUT2D eigenvalue weighted by molar-refractivity contribution is 0.0709. The highest BCUT2D eigenvalue weighted by Crippen LogP contribution is 2.19. The van der Waals surface area contributed by atoms with E-state index in [1.807, 2.05) is 0 Å². The Balaban J connectivity index is 2.41. The topological polar surface area (TPSA) is 82.8 Å². The maximum atomic E-state index is 12.2. The van der Waals surface area contributed by atoms with E-state index < -0.39 is 16.9 Å². The predicted molar refractivity (Wildman–Crippen MR) is 64.8 cm³/mol. The van der Waals surface area contributed by atoms with Crippen LogP contribution in [0, 0.1) is 0 Å². The molecule has 2 N–H and O–H groups in total. The van der Waals surface area contributed by atoms with Gasteiger partial charge in [-0.2, -0.15) is 0 Å². The molecule has 18 heavy (non-hydrogen) atoms. The molecule has 1 amide bonds. The quantitative estimate of drug-likeness (QED) is 0.759. The summed E-state index contributed by atoms with van der Waals surface area (Å²) in [4.78, 5) is 25.3. The lowest BCUT2D eigenvalue weighted by Gasteiger charge is -2.27. The van der Waals surface area contributed by atoms with Gasteiger partial charge >= 0.3 is 0 Å². The molecule has 0 atom stereocenters. The van der Waals surface area contributed by atoms with Gasteiger partial charge in [0, 0.05) is 20.1 Å². The number of likely N-dealkylation sites (tertiary alicyclic amines) is 1. The molecule has 1 aromatic rings. The highest BCUT2D eigenvalue weighted by Gasteiger charge is 2.25. The number of aryl methyl sites for hydroxylation is 1. The number of amides is 1. The minimum absolute atomic E-state index is 0.0697. The first kappa shape index (κ1) is 12.5. The van der Waals surface area contributed by atoms with Crippen molar-refractivity contribution >= 4 is 5.91 Å². The Kier molecular flexibility index (Phi) is 3.27. The molecular weight excluding hydrogens is 236 g/mol. The first-order valence-corrected chi connectivity index (χ1v) is 5.93. The zero-order valence-electron chi connectivity index (χ0n) is 10.2. The predicted octanol–water partition coefficient (Wildman–Crippen LogP) is 0.423. The standard InChI is InChI=1S/C12H16N2O4/c1-13-7-8(15)10(16)11(17)9(13)12(18)14-5-3-2-4-6-14/h7,15,17H,2-6H2,1H3. The molecule has 2 heterocycles. The van der Waals surface area contributed by atoms with E-state index in [-0.39, 0.29) is 11.6 Å². The molecule has 0 saturated carbocycles. The molecule has 6 nitrogen and oxygen atoms in total. The zero-order valence-corrected chi connectivity index (χ0v) is 10.2. The van der Waals surface area contributed by atoms with E-state index in [1.165, 1.54) is 11.6 Å². The highest BCUT2D eigenvalue weighted by molar-refractivity contribution is 5.95. The minimum Gasteiger partial charge on any atom is -0.503 e. The van der Waals surface area contributed by atoms with Crippen LogP contribution in [0.1, 0.15) is 29.8 Å². The van der Waals surface area contributed by atoms with Gasteiger partial charge in [0.1, 0.15) is 0 Å². The average Bonchev–Trinajstić information content (AvgIpc) is 2.37. The van der Waals surface area contributed by atoms with Crippen molar-refractivity contribution in [1.82, 2.24) is 9.47 Å². The number of piperidine rings is 1. The van der Waals surface area contributed by atoms with Gasteiger partial charge in [-0.15, -0.1) is 0 Å². The van der Waals surface area contributed by atoms with Gasteiger partial charge in [-0.05, 0) is 19.3 Å². The summed E-state index contributed by atoms with van der Waals surface area (Å²) in [5.74, 6) is -1.62. The summed E-state index contributed by atoms with van der Waals surface area (Å²) in [5, 5.41) is 19.0. The van der Waals surface area contributed by atoms with Crippen molar-refractivity contribution in [3.05, 3.63) is 22.1 Å². The fraction of sp³-hybridized carbons (Fsp3) is 0.500. The van der Waals surface area contributed by atoms with E-state index in [0.29, 0.717) is 13.1 Å². The number of hydrogen-bond acceptors (Lipinski definition) is 4. The normalized spacial score (nSPS) is 15.7. The maximum Gasteiger partial charge on any atom is 0.274 e. The van der Waals surface area contributed by atoms with Gasteiger partial charge in [0.05, 0.1) is 6.20 Å². The lowest BCUT2D eigenvalue weighted by atomic mass is 10.1. The van der Waals surface area contributed by atoms with Gasteiger partial charge in [-0.3, -0.25) is 9.59 Å². The van der Waals surface area contributed by atoms with Gasteiger partial charge < -0.3 is 19.7 Å². The van der Waals surface area contributed by atoms with Gasteiger partial charge in [0.2, 0.25) is 0 Å². The summed E-state index contributed by atoms with van der Waals surface area (Å²) < 4.78 is 1.28. The number of hydrogen-bond donors (Lipinski definition) is 2. The molecule has 98 valence electrons. The van der Waals surface area contributed by atoms with Crippen molar-refractivity contribution in [1.29, 1.82) is 0 Å². The number of nitrogens with zero attached hydrogens (tertiary/aromatic N) is 2. The number of carbonyl (C=O) groups excluding carboxylic acids is 1. The van der Waals surface area contributed by atoms with Crippen LogP contribution in [-0.2, 0) is 7.05 Å². The molecule has 1 fully saturated rings. The van der Waals surface area contributed by atoms with Crippen LogP contribution < -0.4 is 5.43 Å². The highest BCUT2D eigenvalue weighted by atomic mass is 16.3. The van der Waals surface area contributed by atoms with Crippen LogP contribution in [0.25, 0.3) is 0 Å². The minimum atomic E-state index is -0.909. The smallest absolute Gasteiger partial charge is 0.274 e. The Bertz CT molecular complexity index is 530. The fourth-order valence-corrected chi connectivity index (χ4v) is 2.20. The fourth-order valence-electron chi connectivity index (χ4n) is 2.20. The second-order valence-corrected chi connectivity index (χ2v) is 4.50. The van der Waals surface area contributed by atoms with E-state index in [0.717, 1.165) is 25.5 Å². The molecular formula is C12H16N2O4. The lowest BCUT2D eigenvalue weighted by Crippen LogP contribution is -2.37. The third-order valence-electron chi connectivity index (χ3n) is 3.19. The van der Waals surface area contributed by atoms with Gasteiger partial charge in [-0.25, -0.2) is 0 Å². The molecule has 1 aliphatic heterocycles. The second-order valence-electron chi connectivity index (χ2n) is 4.50. The van der Waals surface area contributed by atoms with E-state index in [2.05, 4.69) is 0 Å². The molecule has 0 aliphatic carbocycles. The molecule has 1 aromatic heterocycles. The van der Waals surface area contributed by atoms with E-state index in [9.17, 15) is 19.8 Å². The summed E-state index contributed by atoms with van der Waals surface area (Å²) in [6.07, 6.45) is 4.08. The van der Waals surface area contributed by atoms with E-state index in [4.69, 9.17) is 0 Å². The number of rotatable bonds is 1. The van der Waals surface area contributed by atoms with Crippen LogP contribution in [0.5, 0.6) is 11.5 Å². The van der Waals surface area contributed by atoms with Crippen LogP contribution in [-0.4, -0.2) is 38.7 Å². The molecule has 2 rings (SSSR count). The Labute approximate surface area is 104 Å². The van der Waals surface area contributed by atoms with E-state index >= 15 is 0 Å². The molecule has 1 saturated heterocycles. The summed E-state index contributed by atoms with van der Waals surface area (Å²) >= 11 is 0. The maximum absolute atomic E-state index is 12.2. The molecule has 0 unspecified atom stereocenters. The number of carbonyl (C=O) groups is 1. The van der Waals surface area contributed by atoms with E-state index in [1.54, 1.807) is 4.90 Å². The molecule has 6 heteroatoms. The third-order valence-corrected chi connectivity index (χ3v) is 3.19. The monoisotopic (exact) mass is 252 g/mol. The van der Waals surface area contributed by atoms with Gasteiger partial charge in [0.25, 0.3) is 11.3 Å². The Morgan fingerprint density at radius 1 is 1.22 bits per heavy atom. The summed E-state index contributed by atoms with van der Waals surface area (Å²) in [7, 11) is 1.51. The zero-order chi connectivity index (χ0) is 13.3. The first-order chi connectivity index (χ1) is 8.52. The van der Waals surface area contributed by atoms with Gasteiger partial charge in [0.15, 0.2) is 17.2 Å². The van der Waals surface area contributed by atoms with Crippen molar-refractivity contribution < 1.29 is 15.0 Å². The molecule has 0 radical (unpaired) electrons. The third kappa shape index (κ3) is 2.05. The van der Waals surface area contributed by atoms with Crippen molar-refractivity contribution in [3.63, 3.8) is 0 Å². The summed E-state index contributed by atoms with van der Waals surface area (Å²) in [5.41, 5.74) is -0.979. The van der Waals surface area contributed by atoms with Crippen molar-refractivity contribution in [2.45, 2.75) is 19.3 Å². The number of aromatic hydroxyl groups is 2.